The van der Waals surface area contributed by atoms with E-state index in [1.54, 1.807) is 6.26 Å². The van der Waals surface area contributed by atoms with Crippen LogP contribution in [0.2, 0.25) is 0 Å². The van der Waals surface area contributed by atoms with Crippen LogP contribution in [0, 0.1) is 0 Å². The number of oxazole rings is 1. The summed E-state index contributed by atoms with van der Waals surface area (Å²) in [6.45, 7) is 0. The number of nitrogens with zero attached hydrogens (tertiary/aromatic N) is 1. The van der Waals surface area contributed by atoms with Gasteiger partial charge < -0.3 is 10.2 Å². The molecule has 1 aromatic heterocycles. The summed E-state index contributed by atoms with van der Waals surface area (Å²) in [7, 11) is 0. The summed E-state index contributed by atoms with van der Waals surface area (Å²) < 4.78 is 6.09. The molecule has 84 valence electrons. The van der Waals surface area contributed by atoms with Gasteiger partial charge in [0.05, 0.1) is 0 Å². The maximum Gasteiger partial charge on any atom is 0.292 e. The van der Waals surface area contributed by atoms with Gasteiger partial charge >= 0.3 is 0 Å². The number of hydrogen-bond acceptors (Lipinski definition) is 3. The number of anilines is 1. The maximum absolute atomic E-state index is 5.50. The summed E-state index contributed by atoms with van der Waals surface area (Å²) >= 11 is 3.48. The number of halogens is 1. The molecule has 0 aliphatic heterocycles. The van der Waals surface area contributed by atoms with Crippen LogP contribution in [0.25, 0.3) is 22.0 Å². The third kappa shape index (κ3) is 1.80. The zero-order valence-electron chi connectivity index (χ0n) is 8.85. The van der Waals surface area contributed by atoms with Crippen molar-refractivity contribution in [1.29, 1.82) is 0 Å². The van der Waals surface area contributed by atoms with Crippen LogP contribution < -0.4 is 5.73 Å². The van der Waals surface area contributed by atoms with Crippen molar-refractivity contribution < 1.29 is 4.42 Å². The van der Waals surface area contributed by atoms with Crippen molar-refractivity contribution in [3.8, 4) is 11.3 Å². The van der Waals surface area contributed by atoms with Crippen LogP contribution in [0.15, 0.2) is 51.6 Å². The van der Waals surface area contributed by atoms with E-state index in [0.29, 0.717) is 0 Å². The first-order valence-electron chi connectivity index (χ1n) is 5.14. The minimum atomic E-state index is 0.187. The second-order valence-electron chi connectivity index (χ2n) is 3.74. The van der Waals surface area contributed by atoms with Crippen LogP contribution in [0.1, 0.15) is 0 Å². The van der Waals surface area contributed by atoms with E-state index in [9.17, 15) is 0 Å². The zero-order valence-corrected chi connectivity index (χ0v) is 10.4. The summed E-state index contributed by atoms with van der Waals surface area (Å²) in [5.41, 5.74) is 7.28. The molecule has 0 amide bonds. The molecule has 17 heavy (non-hydrogen) atoms. The normalized spacial score (nSPS) is 10.9. The Bertz CT molecular complexity index is 691. The minimum absolute atomic E-state index is 0.187. The molecule has 0 saturated heterocycles. The summed E-state index contributed by atoms with van der Waals surface area (Å²) in [5, 5.41) is 2.28. The number of benzene rings is 2. The molecule has 3 rings (SSSR count). The lowest BCUT2D eigenvalue weighted by Crippen LogP contribution is -1.85. The highest BCUT2D eigenvalue weighted by atomic mass is 79.9. The minimum Gasteiger partial charge on any atom is -0.432 e. The van der Waals surface area contributed by atoms with Gasteiger partial charge in [0.25, 0.3) is 6.01 Å². The molecule has 0 fully saturated rings. The molecule has 0 saturated carbocycles. The van der Waals surface area contributed by atoms with Gasteiger partial charge in [0.1, 0.15) is 12.0 Å². The standard InChI is InChI=1S/C13H9BrN2O/c14-9-5-4-8-2-1-3-10(11(8)6-9)12-7-17-13(15)16-12/h1-7H,(H2,15,16). The number of nitrogen functional groups attached to an aromatic ring is 1. The number of rotatable bonds is 1. The number of fused-ring (bicyclic) bond motifs is 1. The molecule has 0 aliphatic carbocycles. The highest BCUT2D eigenvalue weighted by Gasteiger charge is 2.08. The van der Waals surface area contributed by atoms with Gasteiger partial charge in [0, 0.05) is 10.0 Å². The van der Waals surface area contributed by atoms with Crippen LogP contribution in [0.5, 0.6) is 0 Å². The Hall–Kier alpha value is -1.81. The van der Waals surface area contributed by atoms with Gasteiger partial charge in [-0.1, -0.05) is 40.2 Å². The quantitative estimate of drug-likeness (QED) is 0.740. The van der Waals surface area contributed by atoms with Gasteiger partial charge in [0.2, 0.25) is 0 Å². The van der Waals surface area contributed by atoms with Crippen molar-refractivity contribution >= 4 is 32.7 Å². The zero-order chi connectivity index (χ0) is 11.8. The smallest absolute Gasteiger partial charge is 0.292 e. The van der Waals surface area contributed by atoms with Crippen LogP contribution in [-0.4, -0.2) is 4.98 Å². The van der Waals surface area contributed by atoms with Crippen LogP contribution in [0.3, 0.4) is 0 Å². The third-order valence-electron chi connectivity index (χ3n) is 2.64. The fraction of sp³-hybridized carbons (Fsp3) is 0. The van der Waals surface area contributed by atoms with Crippen molar-refractivity contribution in [2.75, 3.05) is 5.73 Å². The first kappa shape index (κ1) is 10.4. The molecule has 0 unspecified atom stereocenters. The largest absolute Gasteiger partial charge is 0.432 e. The predicted molar refractivity (Wildman–Crippen MR) is 71.6 cm³/mol. The number of aromatic nitrogens is 1. The van der Waals surface area contributed by atoms with Crippen LogP contribution in [-0.2, 0) is 0 Å². The third-order valence-corrected chi connectivity index (χ3v) is 3.14. The lowest BCUT2D eigenvalue weighted by molar-refractivity contribution is 0.581. The Labute approximate surface area is 106 Å². The second-order valence-corrected chi connectivity index (χ2v) is 4.66. The molecule has 0 bridgehead atoms. The molecule has 3 aromatic rings. The van der Waals surface area contributed by atoms with Gasteiger partial charge in [-0.05, 0) is 22.9 Å². The molecule has 0 atom stereocenters. The van der Waals surface area contributed by atoms with Crippen LogP contribution >= 0.6 is 15.9 Å². The van der Waals surface area contributed by atoms with E-state index >= 15 is 0 Å². The lowest BCUT2D eigenvalue weighted by atomic mass is 10.0. The van der Waals surface area contributed by atoms with E-state index in [1.165, 1.54) is 0 Å². The summed E-state index contributed by atoms with van der Waals surface area (Å²) in [5.74, 6) is 0. The Morgan fingerprint density at radius 3 is 2.82 bits per heavy atom. The highest BCUT2D eigenvalue weighted by molar-refractivity contribution is 9.10. The first-order valence-corrected chi connectivity index (χ1v) is 5.93. The van der Waals surface area contributed by atoms with Gasteiger partial charge in [0.15, 0.2) is 0 Å². The lowest BCUT2D eigenvalue weighted by Gasteiger charge is -2.03. The monoisotopic (exact) mass is 288 g/mol. The highest BCUT2D eigenvalue weighted by Crippen LogP contribution is 2.30. The van der Waals surface area contributed by atoms with E-state index < -0.39 is 0 Å². The molecular formula is C13H9BrN2O. The Morgan fingerprint density at radius 1 is 1.18 bits per heavy atom. The first-order chi connectivity index (χ1) is 8.24. The van der Waals surface area contributed by atoms with Gasteiger partial charge in [-0.3, -0.25) is 0 Å². The van der Waals surface area contributed by atoms with Gasteiger partial charge in [-0.2, -0.15) is 4.98 Å². The fourth-order valence-corrected chi connectivity index (χ4v) is 2.24. The summed E-state index contributed by atoms with van der Waals surface area (Å²) in [6.07, 6.45) is 1.57. The maximum atomic E-state index is 5.50. The molecule has 2 aromatic carbocycles. The Kier molecular flexibility index (Phi) is 2.37. The Morgan fingerprint density at radius 2 is 2.06 bits per heavy atom. The van der Waals surface area contributed by atoms with Crippen molar-refractivity contribution in [1.82, 2.24) is 4.98 Å². The van der Waals surface area contributed by atoms with E-state index in [0.717, 1.165) is 26.5 Å². The van der Waals surface area contributed by atoms with E-state index in [4.69, 9.17) is 10.2 Å². The van der Waals surface area contributed by atoms with E-state index in [2.05, 4.69) is 39.1 Å². The SMILES string of the molecule is Nc1nc(-c2cccc3ccc(Br)cc23)co1. The van der Waals surface area contributed by atoms with Crippen molar-refractivity contribution in [3.63, 3.8) is 0 Å². The molecule has 0 aliphatic rings. The number of nitrogens with two attached hydrogens (primary N) is 1. The molecule has 0 spiro atoms. The average Bonchev–Trinajstić information content (AvgIpc) is 2.75. The fourth-order valence-electron chi connectivity index (χ4n) is 1.88. The summed E-state index contributed by atoms with van der Waals surface area (Å²) in [4.78, 5) is 4.16. The molecule has 3 nitrogen and oxygen atoms in total. The van der Waals surface area contributed by atoms with Crippen molar-refractivity contribution in [2.24, 2.45) is 0 Å². The molecule has 4 heteroatoms. The van der Waals surface area contributed by atoms with Crippen LogP contribution in [0.4, 0.5) is 6.01 Å². The molecule has 0 radical (unpaired) electrons. The molecule has 2 N–H and O–H groups in total. The predicted octanol–water partition coefficient (Wildman–Crippen LogP) is 3.84. The number of hydrogen-bond donors (Lipinski definition) is 1. The van der Waals surface area contributed by atoms with Gasteiger partial charge in [-0.25, -0.2) is 0 Å². The Balaban J connectivity index is 2.32. The van der Waals surface area contributed by atoms with Crippen molar-refractivity contribution in [2.45, 2.75) is 0 Å². The van der Waals surface area contributed by atoms with Crippen molar-refractivity contribution in [3.05, 3.63) is 47.1 Å². The van der Waals surface area contributed by atoms with E-state index in [-0.39, 0.29) is 6.01 Å². The summed E-state index contributed by atoms with van der Waals surface area (Å²) in [6, 6.07) is 12.4. The topological polar surface area (TPSA) is 52.0 Å². The van der Waals surface area contributed by atoms with Gasteiger partial charge in [-0.15, -0.1) is 0 Å². The second kappa shape index (κ2) is 3.89. The molecular weight excluding hydrogens is 280 g/mol. The molecule has 1 heterocycles. The van der Waals surface area contributed by atoms with E-state index in [1.807, 2.05) is 18.2 Å². The average molecular weight is 289 g/mol.